The molecule has 0 aliphatic heterocycles. The van der Waals surface area contributed by atoms with Crippen LogP contribution in [0.15, 0.2) is 12.1 Å². The number of thiophene rings is 1. The number of hydrogen-bond acceptors (Lipinski definition) is 2. The number of carbonyl (C=O) groups excluding carboxylic acids is 1. The standard InChI is InChI=1S/C10H12OS/c1-7-3-4-9(12-7)10(5-6-10)8(2)11/h3-4H,5-6H2,1-2H3. The third kappa shape index (κ3) is 1.02. The molecule has 1 aromatic rings. The van der Waals surface area contributed by atoms with Gasteiger partial charge in [0.2, 0.25) is 0 Å². The SMILES string of the molecule is CC(=O)C1(c2ccc(C)s2)CC1. The summed E-state index contributed by atoms with van der Waals surface area (Å²) in [5, 5.41) is 0. The van der Waals surface area contributed by atoms with Gasteiger partial charge in [-0.2, -0.15) is 0 Å². The lowest BCUT2D eigenvalue weighted by atomic mass is 10.0. The first-order valence-corrected chi connectivity index (χ1v) is 5.05. The molecule has 1 aromatic heterocycles. The Morgan fingerprint density at radius 1 is 1.50 bits per heavy atom. The van der Waals surface area contributed by atoms with Gasteiger partial charge in [0, 0.05) is 9.75 Å². The average molecular weight is 180 g/mol. The molecule has 1 saturated carbocycles. The molecule has 64 valence electrons. The van der Waals surface area contributed by atoms with E-state index >= 15 is 0 Å². The van der Waals surface area contributed by atoms with E-state index in [0.717, 1.165) is 12.8 Å². The van der Waals surface area contributed by atoms with E-state index in [2.05, 4.69) is 19.1 Å². The maximum absolute atomic E-state index is 11.3. The van der Waals surface area contributed by atoms with E-state index in [1.807, 2.05) is 0 Å². The highest BCUT2D eigenvalue weighted by Gasteiger charge is 2.49. The monoisotopic (exact) mass is 180 g/mol. The molecule has 0 atom stereocenters. The molecule has 0 spiro atoms. The highest BCUT2D eigenvalue weighted by molar-refractivity contribution is 7.12. The molecule has 0 aromatic carbocycles. The van der Waals surface area contributed by atoms with Crippen LogP contribution in [0, 0.1) is 6.92 Å². The molecule has 2 heteroatoms. The van der Waals surface area contributed by atoms with Crippen molar-refractivity contribution in [1.29, 1.82) is 0 Å². The number of aryl methyl sites for hydroxylation is 1. The molecule has 1 nitrogen and oxygen atoms in total. The van der Waals surface area contributed by atoms with Crippen LogP contribution >= 0.6 is 11.3 Å². The van der Waals surface area contributed by atoms with Gasteiger partial charge >= 0.3 is 0 Å². The summed E-state index contributed by atoms with van der Waals surface area (Å²) in [6.45, 7) is 3.80. The lowest BCUT2D eigenvalue weighted by Crippen LogP contribution is -2.14. The molecular formula is C10H12OS. The fourth-order valence-corrected chi connectivity index (χ4v) is 2.75. The first-order chi connectivity index (χ1) is 5.65. The summed E-state index contributed by atoms with van der Waals surface area (Å²) >= 11 is 1.76. The molecular weight excluding hydrogens is 168 g/mol. The van der Waals surface area contributed by atoms with Crippen molar-refractivity contribution in [3.05, 3.63) is 21.9 Å². The van der Waals surface area contributed by atoms with Gasteiger partial charge in [-0.15, -0.1) is 11.3 Å². The molecule has 1 fully saturated rings. The summed E-state index contributed by atoms with van der Waals surface area (Å²) in [6.07, 6.45) is 2.12. The van der Waals surface area contributed by atoms with Crippen molar-refractivity contribution in [2.75, 3.05) is 0 Å². The summed E-state index contributed by atoms with van der Waals surface area (Å²) in [4.78, 5) is 13.9. The average Bonchev–Trinajstić information content (AvgIpc) is 2.71. The second-order valence-electron chi connectivity index (χ2n) is 3.55. The van der Waals surface area contributed by atoms with Crippen molar-refractivity contribution in [2.45, 2.75) is 32.1 Å². The zero-order chi connectivity index (χ0) is 8.77. The van der Waals surface area contributed by atoms with Crippen molar-refractivity contribution < 1.29 is 4.79 Å². The van der Waals surface area contributed by atoms with Crippen LogP contribution < -0.4 is 0 Å². The van der Waals surface area contributed by atoms with Gasteiger partial charge in [-0.25, -0.2) is 0 Å². The van der Waals surface area contributed by atoms with Crippen LogP contribution in [0.25, 0.3) is 0 Å². The predicted octanol–water partition coefficient (Wildman–Crippen LogP) is 2.68. The number of rotatable bonds is 2. The second kappa shape index (κ2) is 2.43. The van der Waals surface area contributed by atoms with E-state index in [9.17, 15) is 4.79 Å². The maximum atomic E-state index is 11.3. The van der Waals surface area contributed by atoms with Crippen LogP contribution in [0.1, 0.15) is 29.5 Å². The summed E-state index contributed by atoms with van der Waals surface area (Å²) in [7, 11) is 0. The van der Waals surface area contributed by atoms with Gasteiger partial charge in [0.05, 0.1) is 5.41 Å². The van der Waals surface area contributed by atoms with E-state index < -0.39 is 0 Å². The van der Waals surface area contributed by atoms with Crippen LogP contribution in [0.5, 0.6) is 0 Å². The van der Waals surface area contributed by atoms with Crippen molar-refractivity contribution in [3.8, 4) is 0 Å². The van der Waals surface area contributed by atoms with E-state index in [0.29, 0.717) is 5.78 Å². The van der Waals surface area contributed by atoms with Gasteiger partial charge in [0.15, 0.2) is 0 Å². The summed E-state index contributed by atoms with van der Waals surface area (Å²) in [5.41, 5.74) is -0.0566. The number of Topliss-reactive ketones (excluding diaryl/α,β-unsaturated/α-hetero) is 1. The number of hydrogen-bond donors (Lipinski definition) is 0. The molecule has 0 radical (unpaired) electrons. The molecule has 1 aliphatic carbocycles. The molecule has 0 bridgehead atoms. The largest absolute Gasteiger partial charge is 0.299 e. The highest BCUT2D eigenvalue weighted by Crippen LogP contribution is 2.51. The molecule has 0 amide bonds. The Kier molecular flexibility index (Phi) is 1.62. The van der Waals surface area contributed by atoms with Crippen LogP contribution in [-0.4, -0.2) is 5.78 Å². The molecule has 0 saturated heterocycles. The Hall–Kier alpha value is -0.630. The summed E-state index contributed by atoms with van der Waals surface area (Å²) < 4.78 is 0. The third-order valence-corrected chi connectivity index (χ3v) is 3.84. The molecule has 1 heterocycles. The van der Waals surface area contributed by atoms with Crippen LogP contribution in [-0.2, 0) is 10.2 Å². The van der Waals surface area contributed by atoms with E-state index in [-0.39, 0.29) is 5.41 Å². The number of carbonyl (C=O) groups is 1. The van der Waals surface area contributed by atoms with E-state index in [1.54, 1.807) is 18.3 Å². The Morgan fingerprint density at radius 3 is 2.50 bits per heavy atom. The smallest absolute Gasteiger partial charge is 0.141 e. The van der Waals surface area contributed by atoms with Crippen molar-refractivity contribution in [2.24, 2.45) is 0 Å². The lowest BCUT2D eigenvalue weighted by Gasteiger charge is -2.06. The Bertz CT molecular complexity index is 320. The van der Waals surface area contributed by atoms with Crippen LogP contribution in [0.3, 0.4) is 0 Å². The highest BCUT2D eigenvalue weighted by atomic mass is 32.1. The fourth-order valence-electron chi connectivity index (χ4n) is 1.59. The van der Waals surface area contributed by atoms with E-state index in [4.69, 9.17) is 0 Å². The lowest BCUT2D eigenvalue weighted by molar-refractivity contribution is -0.119. The Labute approximate surface area is 76.4 Å². The Morgan fingerprint density at radius 2 is 2.17 bits per heavy atom. The normalized spacial score (nSPS) is 19.2. The minimum atomic E-state index is -0.0566. The molecule has 12 heavy (non-hydrogen) atoms. The molecule has 1 aliphatic rings. The summed E-state index contributed by atoms with van der Waals surface area (Å²) in [6, 6.07) is 4.21. The minimum absolute atomic E-state index is 0.0566. The quantitative estimate of drug-likeness (QED) is 0.684. The van der Waals surface area contributed by atoms with Gasteiger partial charge < -0.3 is 0 Å². The van der Waals surface area contributed by atoms with Gasteiger partial charge in [-0.05, 0) is 38.8 Å². The zero-order valence-corrected chi connectivity index (χ0v) is 8.20. The topological polar surface area (TPSA) is 17.1 Å². The number of ketones is 1. The van der Waals surface area contributed by atoms with Gasteiger partial charge in [0.1, 0.15) is 5.78 Å². The third-order valence-electron chi connectivity index (χ3n) is 2.64. The first kappa shape index (κ1) is 7.99. The van der Waals surface area contributed by atoms with E-state index in [1.165, 1.54) is 9.75 Å². The molecule has 0 N–H and O–H groups in total. The zero-order valence-electron chi connectivity index (χ0n) is 7.39. The fraction of sp³-hybridized carbons (Fsp3) is 0.500. The van der Waals surface area contributed by atoms with Crippen LogP contribution in [0.4, 0.5) is 0 Å². The molecule has 0 unspecified atom stereocenters. The van der Waals surface area contributed by atoms with Crippen molar-refractivity contribution >= 4 is 17.1 Å². The summed E-state index contributed by atoms with van der Waals surface area (Å²) in [5.74, 6) is 0.337. The van der Waals surface area contributed by atoms with Crippen molar-refractivity contribution in [1.82, 2.24) is 0 Å². The predicted molar refractivity (Wildman–Crippen MR) is 50.6 cm³/mol. The van der Waals surface area contributed by atoms with Gasteiger partial charge in [-0.3, -0.25) is 4.79 Å². The Balaban J connectivity index is 2.36. The van der Waals surface area contributed by atoms with Gasteiger partial charge in [-0.1, -0.05) is 0 Å². The molecule has 2 rings (SSSR count). The first-order valence-electron chi connectivity index (χ1n) is 4.23. The van der Waals surface area contributed by atoms with Crippen molar-refractivity contribution in [3.63, 3.8) is 0 Å². The second-order valence-corrected chi connectivity index (χ2v) is 4.84. The minimum Gasteiger partial charge on any atom is -0.299 e. The maximum Gasteiger partial charge on any atom is 0.141 e. The van der Waals surface area contributed by atoms with Crippen LogP contribution in [0.2, 0.25) is 0 Å². The van der Waals surface area contributed by atoms with Gasteiger partial charge in [0.25, 0.3) is 0 Å².